The molecule has 0 aliphatic heterocycles. The molecule has 108 valence electrons. The summed E-state index contributed by atoms with van der Waals surface area (Å²) in [6.45, 7) is 7.85. The fourth-order valence-electron chi connectivity index (χ4n) is 0.741. The molecule has 0 bridgehead atoms. The lowest BCUT2D eigenvalue weighted by Gasteiger charge is -1.95. The Labute approximate surface area is 114 Å². The summed E-state index contributed by atoms with van der Waals surface area (Å²) in [6, 6.07) is 10.1. The number of unbranched alkanes of at least 4 members (excludes halogenated alkanes) is 1. The molecular formula is C16H32O2. The zero-order valence-corrected chi connectivity index (χ0v) is 12.0. The van der Waals surface area contributed by atoms with Crippen molar-refractivity contribution in [3.05, 3.63) is 35.9 Å². The summed E-state index contributed by atoms with van der Waals surface area (Å²) >= 11 is 0. The predicted octanol–water partition coefficient (Wildman–Crippen LogP) is 4.93. The second-order valence-electron chi connectivity index (χ2n) is 3.50. The first-order valence-electron chi connectivity index (χ1n) is 6.28. The Bertz CT molecular complexity index is 202. The van der Waals surface area contributed by atoms with E-state index in [0.29, 0.717) is 6.61 Å². The molecule has 2 heteroatoms. The van der Waals surface area contributed by atoms with Gasteiger partial charge >= 0.3 is 0 Å². The molecule has 0 aliphatic carbocycles. The molecule has 0 atom stereocenters. The highest BCUT2D eigenvalue weighted by atomic mass is 16.5. The number of hydrogen-bond donors (Lipinski definition) is 0. The zero-order chi connectivity index (χ0) is 13.4. The van der Waals surface area contributed by atoms with Crippen molar-refractivity contribution < 1.29 is 9.47 Å². The van der Waals surface area contributed by atoms with Crippen LogP contribution >= 0.6 is 0 Å². The van der Waals surface area contributed by atoms with Gasteiger partial charge in [0.25, 0.3) is 0 Å². The van der Waals surface area contributed by atoms with Crippen LogP contribution in [0.15, 0.2) is 30.3 Å². The Balaban J connectivity index is -0.000000214. The lowest BCUT2D eigenvalue weighted by Crippen LogP contribution is -1.84. The van der Waals surface area contributed by atoms with Crippen molar-refractivity contribution in [2.75, 3.05) is 20.8 Å². The second-order valence-corrected chi connectivity index (χ2v) is 3.50. The smallest absolute Gasteiger partial charge is 0.0713 e. The van der Waals surface area contributed by atoms with Gasteiger partial charge in [-0.1, -0.05) is 64.4 Å². The number of rotatable bonds is 4. The highest BCUT2D eigenvalue weighted by Gasteiger charge is 1.84. The van der Waals surface area contributed by atoms with E-state index in [1.54, 1.807) is 14.2 Å². The summed E-state index contributed by atoms with van der Waals surface area (Å²) in [5, 5.41) is 0. The average Bonchev–Trinajstić information content (AvgIpc) is 2.41. The molecule has 1 aromatic carbocycles. The molecule has 0 aromatic heterocycles. The van der Waals surface area contributed by atoms with Gasteiger partial charge in [-0.05, 0) is 12.5 Å². The highest BCUT2D eigenvalue weighted by Crippen LogP contribution is 1.98. The van der Waals surface area contributed by atoms with Gasteiger partial charge in [-0.2, -0.15) is 0 Å². The normalized spacial score (nSPS) is 8.06. The standard InChI is InChI=1S/C8H10O.C4H10.C3H8O.CH4/c1-9-7-8-5-3-2-4-6-8;2*1-3-4-2;/h2-6H,7H2,1H3;3-4H2,1-2H3;3H2,1-2H3;1H4. The van der Waals surface area contributed by atoms with Crippen molar-refractivity contribution in [3.63, 3.8) is 0 Å². The molecule has 1 aromatic rings. The van der Waals surface area contributed by atoms with Crippen LogP contribution in [0.5, 0.6) is 0 Å². The Morgan fingerprint density at radius 1 is 0.833 bits per heavy atom. The van der Waals surface area contributed by atoms with Crippen molar-refractivity contribution in [2.45, 2.75) is 47.6 Å². The maximum absolute atomic E-state index is 4.93. The molecule has 0 N–H and O–H groups in total. The molecule has 0 fully saturated rings. The van der Waals surface area contributed by atoms with Crippen molar-refractivity contribution in [2.24, 2.45) is 0 Å². The maximum atomic E-state index is 4.93. The summed E-state index contributed by atoms with van der Waals surface area (Å²) in [5.74, 6) is 0. The average molecular weight is 256 g/mol. The summed E-state index contributed by atoms with van der Waals surface area (Å²) in [5.41, 5.74) is 1.22. The van der Waals surface area contributed by atoms with Gasteiger partial charge in [-0.25, -0.2) is 0 Å². The number of hydrogen-bond acceptors (Lipinski definition) is 2. The highest BCUT2D eigenvalue weighted by molar-refractivity contribution is 5.13. The van der Waals surface area contributed by atoms with Crippen molar-refractivity contribution in [1.82, 2.24) is 0 Å². The SMILES string of the molecule is C.CCCC.CCOC.COCc1ccccc1. The fraction of sp³-hybridized carbons (Fsp3) is 0.625. The Morgan fingerprint density at radius 2 is 1.28 bits per heavy atom. The van der Waals surface area contributed by atoms with E-state index in [9.17, 15) is 0 Å². The third kappa shape index (κ3) is 20.5. The Morgan fingerprint density at radius 3 is 1.56 bits per heavy atom. The van der Waals surface area contributed by atoms with Crippen LogP contribution in [-0.2, 0) is 16.1 Å². The van der Waals surface area contributed by atoms with Gasteiger partial charge < -0.3 is 9.47 Å². The summed E-state index contributed by atoms with van der Waals surface area (Å²) in [6.07, 6.45) is 2.64. The van der Waals surface area contributed by atoms with Crippen molar-refractivity contribution >= 4 is 0 Å². The molecular weight excluding hydrogens is 224 g/mol. The van der Waals surface area contributed by atoms with E-state index in [4.69, 9.17) is 4.74 Å². The monoisotopic (exact) mass is 256 g/mol. The molecule has 0 aliphatic rings. The molecule has 0 saturated heterocycles. The van der Waals surface area contributed by atoms with Crippen LogP contribution in [0, 0.1) is 0 Å². The Hall–Kier alpha value is -0.860. The van der Waals surface area contributed by atoms with Gasteiger partial charge in [0.2, 0.25) is 0 Å². The first kappa shape index (κ1) is 22.3. The molecule has 1 rings (SSSR count). The Kier molecular flexibility index (Phi) is 26.6. The van der Waals surface area contributed by atoms with Crippen LogP contribution in [0.3, 0.4) is 0 Å². The van der Waals surface area contributed by atoms with Gasteiger partial charge in [0, 0.05) is 20.8 Å². The topological polar surface area (TPSA) is 18.5 Å². The van der Waals surface area contributed by atoms with E-state index in [2.05, 4.69) is 18.6 Å². The van der Waals surface area contributed by atoms with Crippen LogP contribution in [0.25, 0.3) is 0 Å². The summed E-state index contributed by atoms with van der Waals surface area (Å²) in [4.78, 5) is 0. The van der Waals surface area contributed by atoms with Gasteiger partial charge in [0.1, 0.15) is 0 Å². The molecule has 0 saturated carbocycles. The van der Waals surface area contributed by atoms with Crippen LogP contribution < -0.4 is 0 Å². The number of benzene rings is 1. The maximum Gasteiger partial charge on any atom is 0.0713 e. The quantitative estimate of drug-likeness (QED) is 0.760. The summed E-state index contributed by atoms with van der Waals surface area (Å²) in [7, 11) is 3.38. The van der Waals surface area contributed by atoms with E-state index in [-0.39, 0.29) is 7.43 Å². The van der Waals surface area contributed by atoms with E-state index in [1.165, 1.54) is 18.4 Å². The number of ether oxygens (including phenoxy) is 2. The molecule has 0 radical (unpaired) electrons. The molecule has 2 nitrogen and oxygen atoms in total. The zero-order valence-electron chi connectivity index (χ0n) is 12.0. The minimum absolute atomic E-state index is 0. The van der Waals surface area contributed by atoms with E-state index in [1.807, 2.05) is 37.3 Å². The molecule has 0 amide bonds. The van der Waals surface area contributed by atoms with Crippen LogP contribution in [0.4, 0.5) is 0 Å². The minimum Gasteiger partial charge on any atom is -0.385 e. The minimum atomic E-state index is 0. The molecule has 0 unspecified atom stereocenters. The van der Waals surface area contributed by atoms with E-state index in [0.717, 1.165) is 6.61 Å². The largest absolute Gasteiger partial charge is 0.385 e. The van der Waals surface area contributed by atoms with Gasteiger partial charge in [0.15, 0.2) is 0 Å². The van der Waals surface area contributed by atoms with Crippen LogP contribution in [-0.4, -0.2) is 20.8 Å². The van der Waals surface area contributed by atoms with Crippen molar-refractivity contribution in [1.29, 1.82) is 0 Å². The predicted molar refractivity (Wildman–Crippen MR) is 82.0 cm³/mol. The van der Waals surface area contributed by atoms with Gasteiger partial charge in [-0.15, -0.1) is 0 Å². The first-order valence-corrected chi connectivity index (χ1v) is 6.28. The lowest BCUT2D eigenvalue weighted by atomic mass is 10.2. The van der Waals surface area contributed by atoms with Crippen molar-refractivity contribution in [3.8, 4) is 0 Å². The second kappa shape index (κ2) is 21.4. The molecule has 0 spiro atoms. The fourth-order valence-corrected chi connectivity index (χ4v) is 0.741. The first-order chi connectivity index (χ1) is 8.26. The van der Waals surface area contributed by atoms with Crippen LogP contribution in [0.1, 0.15) is 46.6 Å². The van der Waals surface area contributed by atoms with Gasteiger partial charge in [0.05, 0.1) is 6.61 Å². The lowest BCUT2D eigenvalue weighted by molar-refractivity contribution is 0.185. The number of methoxy groups -OCH3 is 2. The van der Waals surface area contributed by atoms with E-state index >= 15 is 0 Å². The third-order valence-corrected chi connectivity index (χ3v) is 1.94. The molecule has 18 heavy (non-hydrogen) atoms. The summed E-state index contributed by atoms with van der Waals surface area (Å²) < 4.78 is 9.47. The van der Waals surface area contributed by atoms with Gasteiger partial charge in [-0.3, -0.25) is 0 Å². The molecule has 0 heterocycles. The third-order valence-electron chi connectivity index (χ3n) is 1.94. The van der Waals surface area contributed by atoms with Crippen LogP contribution in [0.2, 0.25) is 0 Å². The van der Waals surface area contributed by atoms with E-state index < -0.39 is 0 Å².